The first kappa shape index (κ1) is 13.2. The highest BCUT2D eigenvalue weighted by Gasteiger charge is 2.10. The van der Waals surface area contributed by atoms with Gasteiger partial charge in [-0.05, 0) is 49.4 Å². The van der Waals surface area contributed by atoms with Crippen molar-refractivity contribution in [3.63, 3.8) is 0 Å². The SMILES string of the molecule is CCCCc1cn(CCO)c2cc(C)cc(C)c12. The van der Waals surface area contributed by atoms with Crippen molar-refractivity contribution in [3.8, 4) is 0 Å². The summed E-state index contributed by atoms with van der Waals surface area (Å²) in [6.07, 6.45) is 5.81. The quantitative estimate of drug-likeness (QED) is 0.855. The van der Waals surface area contributed by atoms with E-state index in [0.29, 0.717) is 6.54 Å². The van der Waals surface area contributed by atoms with E-state index in [9.17, 15) is 5.11 Å². The molecule has 1 heterocycles. The zero-order valence-corrected chi connectivity index (χ0v) is 11.7. The van der Waals surface area contributed by atoms with Gasteiger partial charge in [0.05, 0.1) is 6.61 Å². The summed E-state index contributed by atoms with van der Waals surface area (Å²) in [7, 11) is 0. The Kier molecular flexibility index (Phi) is 4.07. The van der Waals surface area contributed by atoms with Gasteiger partial charge in [-0.1, -0.05) is 19.4 Å². The highest BCUT2D eigenvalue weighted by Crippen LogP contribution is 2.27. The first-order chi connectivity index (χ1) is 8.67. The molecular formula is C16H23NO. The normalized spacial score (nSPS) is 11.3. The van der Waals surface area contributed by atoms with Gasteiger partial charge in [0.2, 0.25) is 0 Å². The average molecular weight is 245 g/mol. The van der Waals surface area contributed by atoms with E-state index in [1.807, 2.05) is 0 Å². The maximum atomic E-state index is 9.18. The molecule has 2 aromatic rings. The Morgan fingerprint density at radius 2 is 2.00 bits per heavy atom. The van der Waals surface area contributed by atoms with Crippen LogP contribution in [0, 0.1) is 13.8 Å². The van der Waals surface area contributed by atoms with Gasteiger partial charge in [0, 0.05) is 23.6 Å². The van der Waals surface area contributed by atoms with E-state index in [1.54, 1.807) is 0 Å². The largest absolute Gasteiger partial charge is 0.395 e. The van der Waals surface area contributed by atoms with Crippen molar-refractivity contribution in [1.82, 2.24) is 4.57 Å². The molecule has 0 aliphatic heterocycles. The van der Waals surface area contributed by atoms with Crippen LogP contribution < -0.4 is 0 Å². The van der Waals surface area contributed by atoms with Gasteiger partial charge in [0.1, 0.15) is 0 Å². The number of aliphatic hydroxyl groups excluding tert-OH is 1. The summed E-state index contributed by atoms with van der Waals surface area (Å²) in [5.74, 6) is 0. The molecule has 0 aliphatic carbocycles. The third-order valence-corrected chi connectivity index (χ3v) is 3.54. The van der Waals surface area contributed by atoms with E-state index in [1.165, 1.54) is 40.4 Å². The standard InChI is InChI=1S/C16H23NO/c1-4-5-6-14-11-17(7-8-18)15-10-12(2)9-13(3)16(14)15/h9-11,18H,4-8H2,1-3H3. The minimum Gasteiger partial charge on any atom is -0.395 e. The molecule has 18 heavy (non-hydrogen) atoms. The second-order valence-corrected chi connectivity index (χ2v) is 5.15. The van der Waals surface area contributed by atoms with Gasteiger partial charge in [-0.2, -0.15) is 0 Å². The lowest BCUT2D eigenvalue weighted by Crippen LogP contribution is -2.00. The van der Waals surface area contributed by atoms with Crippen molar-refractivity contribution in [2.24, 2.45) is 0 Å². The van der Waals surface area contributed by atoms with Crippen molar-refractivity contribution >= 4 is 10.9 Å². The molecule has 0 amide bonds. The van der Waals surface area contributed by atoms with Crippen LogP contribution in [0.2, 0.25) is 0 Å². The van der Waals surface area contributed by atoms with Crippen LogP contribution in [0.15, 0.2) is 18.3 Å². The molecule has 0 saturated carbocycles. The summed E-state index contributed by atoms with van der Waals surface area (Å²) in [6.45, 7) is 7.43. The summed E-state index contributed by atoms with van der Waals surface area (Å²) < 4.78 is 2.19. The minimum absolute atomic E-state index is 0.198. The van der Waals surface area contributed by atoms with Crippen molar-refractivity contribution < 1.29 is 5.11 Å². The number of unbranched alkanes of at least 4 members (excludes halogenated alkanes) is 1. The molecule has 0 radical (unpaired) electrons. The molecule has 1 N–H and O–H groups in total. The van der Waals surface area contributed by atoms with E-state index in [2.05, 4.69) is 43.7 Å². The van der Waals surface area contributed by atoms with Crippen molar-refractivity contribution in [2.75, 3.05) is 6.61 Å². The molecule has 0 fully saturated rings. The summed E-state index contributed by atoms with van der Waals surface area (Å²) in [5.41, 5.74) is 5.34. The maximum absolute atomic E-state index is 9.18. The van der Waals surface area contributed by atoms with Crippen LogP contribution in [0.4, 0.5) is 0 Å². The third-order valence-electron chi connectivity index (χ3n) is 3.54. The molecule has 1 aromatic heterocycles. The number of aryl methyl sites for hydroxylation is 3. The molecule has 0 unspecified atom stereocenters. The van der Waals surface area contributed by atoms with E-state index in [4.69, 9.17) is 0 Å². The Labute approximate surface area is 109 Å². The fourth-order valence-electron chi connectivity index (χ4n) is 2.76. The number of aromatic nitrogens is 1. The highest BCUT2D eigenvalue weighted by molar-refractivity contribution is 5.88. The van der Waals surface area contributed by atoms with Gasteiger partial charge in [-0.25, -0.2) is 0 Å². The fraction of sp³-hybridized carbons (Fsp3) is 0.500. The molecule has 2 rings (SSSR count). The predicted octanol–water partition coefficient (Wildman–Crippen LogP) is 3.59. The topological polar surface area (TPSA) is 25.2 Å². The van der Waals surface area contributed by atoms with Crippen LogP contribution >= 0.6 is 0 Å². The van der Waals surface area contributed by atoms with Crippen LogP contribution in [-0.2, 0) is 13.0 Å². The molecule has 0 atom stereocenters. The Hall–Kier alpha value is -1.28. The van der Waals surface area contributed by atoms with Gasteiger partial charge in [-0.3, -0.25) is 0 Å². The zero-order chi connectivity index (χ0) is 13.1. The Morgan fingerprint density at radius 3 is 2.67 bits per heavy atom. The van der Waals surface area contributed by atoms with E-state index in [-0.39, 0.29) is 6.61 Å². The highest BCUT2D eigenvalue weighted by atomic mass is 16.3. The van der Waals surface area contributed by atoms with E-state index >= 15 is 0 Å². The Bertz CT molecular complexity index is 540. The number of benzene rings is 1. The van der Waals surface area contributed by atoms with Crippen LogP contribution in [0.25, 0.3) is 10.9 Å². The van der Waals surface area contributed by atoms with Gasteiger partial charge < -0.3 is 9.67 Å². The third kappa shape index (κ3) is 2.44. The minimum atomic E-state index is 0.198. The predicted molar refractivity (Wildman–Crippen MR) is 77.1 cm³/mol. The monoisotopic (exact) mass is 245 g/mol. The molecule has 98 valence electrons. The maximum Gasteiger partial charge on any atom is 0.0610 e. The van der Waals surface area contributed by atoms with Gasteiger partial charge in [-0.15, -0.1) is 0 Å². The molecule has 1 aromatic carbocycles. The molecular weight excluding hydrogens is 222 g/mol. The zero-order valence-electron chi connectivity index (χ0n) is 11.7. The number of rotatable bonds is 5. The van der Waals surface area contributed by atoms with Crippen LogP contribution in [0.5, 0.6) is 0 Å². The molecule has 2 nitrogen and oxygen atoms in total. The van der Waals surface area contributed by atoms with Gasteiger partial charge in [0.25, 0.3) is 0 Å². The summed E-state index contributed by atoms with van der Waals surface area (Å²) >= 11 is 0. The van der Waals surface area contributed by atoms with E-state index < -0.39 is 0 Å². The van der Waals surface area contributed by atoms with Gasteiger partial charge >= 0.3 is 0 Å². The Balaban J connectivity index is 2.56. The fourth-order valence-corrected chi connectivity index (χ4v) is 2.76. The first-order valence-electron chi connectivity index (χ1n) is 6.87. The summed E-state index contributed by atoms with van der Waals surface area (Å²) in [4.78, 5) is 0. The molecule has 0 spiro atoms. The van der Waals surface area contributed by atoms with Crippen LogP contribution in [0.1, 0.15) is 36.5 Å². The number of nitrogens with zero attached hydrogens (tertiary/aromatic N) is 1. The second kappa shape index (κ2) is 5.57. The van der Waals surface area contributed by atoms with Crippen LogP contribution in [-0.4, -0.2) is 16.3 Å². The van der Waals surface area contributed by atoms with Crippen molar-refractivity contribution in [3.05, 3.63) is 35.0 Å². The lowest BCUT2D eigenvalue weighted by Gasteiger charge is -2.05. The molecule has 2 heteroatoms. The lowest BCUT2D eigenvalue weighted by molar-refractivity contribution is 0.278. The van der Waals surface area contributed by atoms with Crippen LogP contribution in [0.3, 0.4) is 0 Å². The second-order valence-electron chi connectivity index (χ2n) is 5.15. The average Bonchev–Trinajstić information content (AvgIpc) is 2.65. The molecule has 0 bridgehead atoms. The molecule has 0 aliphatic rings. The van der Waals surface area contributed by atoms with E-state index in [0.717, 1.165) is 6.42 Å². The lowest BCUT2D eigenvalue weighted by atomic mass is 10.0. The van der Waals surface area contributed by atoms with Gasteiger partial charge in [0.15, 0.2) is 0 Å². The molecule has 0 saturated heterocycles. The number of fused-ring (bicyclic) bond motifs is 1. The number of aliphatic hydroxyl groups is 1. The Morgan fingerprint density at radius 1 is 1.22 bits per heavy atom. The van der Waals surface area contributed by atoms with Crippen molar-refractivity contribution in [1.29, 1.82) is 0 Å². The summed E-state index contributed by atoms with van der Waals surface area (Å²) in [6, 6.07) is 4.48. The first-order valence-corrected chi connectivity index (χ1v) is 6.87. The van der Waals surface area contributed by atoms with Crippen molar-refractivity contribution in [2.45, 2.75) is 46.6 Å². The number of hydrogen-bond donors (Lipinski definition) is 1. The smallest absolute Gasteiger partial charge is 0.0610 e. The summed E-state index contributed by atoms with van der Waals surface area (Å²) in [5, 5.41) is 10.6. The number of hydrogen-bond acceptors (Lipinski definition) is 1.